The second kappa shape index (κ2) is 6.57. The van der Waals surface area contributed by atoms with Crippen LogP contribution >= 0.6 is 0 Å². The number of phenols is 1. The molecule has 19 heavy (non-hydrogen) atoms. The van der Waals surface area contributed by atoms with E-state index in [0.29, 0.717) is 6.54 Å². The van der Waals surface area contributed by atoms with Crippen molar-refractivity contribution in [2.24, 2.45) is 0 Å². The number of aryl methyl sites for hydroxylation is 1. The van der Waals surface area contributed by atoms with E-state index in [2.05, 4.69) is 4.90 Å². The highest BCUT2D eigenvalue weighted by Crippen LogP contribution is 2.30. The van der Waals surface area contributed by atoms with Crippen LogP contribution in [-0.4, -0.2) is 33.7 Å². The molecule has 0 spiro atoms. The number of carbonyl (C=O) groups is 1. The average molecular weight is 265 g/mol. The van der Waals surface area contributed by atoms with Gasteiger partial charge >= 0.3 is 5.97 Å². The van der Waals surface area contributed by atoms with Crippen LogP contribution in [0.4, 0.5) is 0 Å². The van der Waals surface area contributed by atoms with Gasteiger partial charge in [-0.25, -0.2) is 0 Å². The molecule has 1 aromatic carbocycles. The summed E-state index contributed by atoms with van der Waals surface area (Å²) in [5.74, 6) is -0.537. The summed E-state index contributed by atoms with van der Waals surface area (Å²) >= 11 is 0. The molecule has 0 radical (unpaired) electrons. The van der Waals surface area contributed by atoms with Gasteiger partial charge in [0.05, 0.1) is 6.42 Å². The maximum Gasteiger partial charge on any atom is 0.304 e. The van der Waals surface area contributed by atoms with Gasteiger partial charge in [-0.15, -0.1) is 0 Å². The first-order valence-corrected chi connectivity index (χ1v) is 6.60. The zero-order chi connectivity index (χ0) is 14.6. The van der Waals surface area contributed by atoms with E-state index in [1.807, 2.05) is 39.8 Å². The van der Waals surface area contributed by atoms with Crippen molar-refractivity contribution in [3.63, 3.8) is 0 Å². The normalized spacial score (nSPS) is 12.9. The summed E-state index contributed by atoms with van der Waals surface area (Å²) < 4.78 is 0. The molecule has 0 aliphatic carbocycles. The van der Waals surface area contributed by atoms with Gasteiger partial charge in [-0.3, -0.25) is 9.69 Å². The molecule has 4 nitrogen and oxygen atoms in total. The Labute approximate surface area is 114 Å². The summed E-state index contributed by atoms with van der Waals surface area (Å²) in [6.07, 6.45) is 0.106. The van der Waals surface area contributed by atoms with Gasteiger partial charge in [0.25, 0.3) is 0 Å². The van der Waals surface area contributed by atoms with Crippen molar-refractivity contribution in [3.8, 4) is 5.75 Å². The first-order valence-electron chi connectivity index (χ1n) is 6.60. The fraction of sp³-hybridized carbons (Fsp3) is 0.533. The minimum Gasteiger partial charge on any atom is -0.508 e. The Bertz CT molecular complexity index is 443. The molecule has 0 fully saturated rings. The predicted molar refractivity (Wildman–Crippen MR) is 75.4 cm³/mol. The molecule has 0 bridgehead atoms. The van der Waals surface area contributed by atoms with Crippen LogP contribution in [0.1, 0.15) is 44.4 Å². The minimum absolute atomic E-state index is 0.0146. The first kappa shape index (κ1) is 15.5. The third kappa shape index (κ3) is 4.24. The van der Waals surface area contributed by atoms with Gasteiger partial charge in [-0.05, 0) is 33.8 Å². The van der Waals surface area contributed by atoms with Gasteiger partial charge in [0, 0.05) is 24.2 Å². The number of nitrogens with zero attached hydrogens (tertiary/aromatic N) is 1. The quantitative estimate of drug-likeness (QED) is 0.830. The molecule has 0 aromatic heterocycles. The number of carboxylic acids is 1. The molecular weight excluding hydrogens is 242 g/mol. The number of rotatable bonds is 6. The topological polar surface area (TPSA) is 60.8 Å². The van der Waals surface area contributed by atoms with Gasteiger partial charge in [0.2, 0.25) is 0 Å². The van der Waals surface area contributed by atoms with Gasteiger partial charge in [0.15, 0.2) is 0 Å². The first-order chi connectivity index (χ1) is 8.82. The molecule has 4 heteroatoms. The monoisotopic (exact) mass is 265 g/mol. The second-order valence-electron chi connectivity index (χ2n) is 5.21. The molecule has 2 N–H and O–H groups in total. The molecule has 1 atom stereocenters. The lowest BCUT2D eigenvalue weighted by atomic mass is 10.0. The lowest BCUT2D eigenvalue weighted by Crippen LogP contribution is -2.35. The molecule has 1 unspecified atom stereocenters. The van der Waals surface area contributed by atoms with E-state index in [-0.39, 0.29) is 24.3 Å². The number of aromatic hydroxyl groups is 1. The molecule has 0 aliphatic rings. The van der Waals surface area contributed by atoms with Gasteiger partial charge in [0.1, 0.15) is 5.75 Å². The van der Waals surface area contributed by atoms with E-state index in [0.717, 1.165) is 11.1 Å². The largest absolute Gasteiger partial charge is 0.508 e. The molecule has 0 aliphatic heterocycles. The van der Waals surface area contributed by atoms with Crippen LogP contribution in [0.3, 0.4) is 0 Å². The molecule has 0 saturated carbocycles. The van der Waals surface area contributed by atoms with Gasteiger partial charge in [-0.1, -0.05) is 17.7 Å². The van der Waals surface area contributed by atoms with Crippen molar-refractivity contribution in [1.82, 2.24) is 4.90 Å². The molecule has 0 amide bonds. The number of hydrogen-bond donors (Lipinski definition) is 2. The predicted octanol–water partition coefficient (Wildman–Crippen LogP) is 2.95. The van der Waals surface area contributed by atoms with E-state index in [4.69, 9.17) is 5.11 Å². The fourth-order valence-corrected chi connectivity index (χ4v) is 2.31. The molecule has 0 heterocycles. The Morgan fingerprint density at radius 3 is 2.47 bits per heavy atom. The summed E-state index contributed by atoms with van der Waals surface area (Å²) in [5.41, 5.74) is 1.93. The Kier molecular flexibility index (Phi) is 5.36. The number of aliphatic carboxylic acids is 1. The Morgan fingerprint density at radius 1 is 1.32 bits per heavy atom. The van der Waals surface area contributed by atoms with E-state index in [1.54, 1.807) is 6.07 Å². The summed E-state index contributed by atoms with van der Waals surface area (Å²) in [5, 5.41) is 18.8. The van der Waals surface area contributed by atoms with Gasteiger partial charge in [-0.2, -0.15) is 0 Å². The van der Waals surface area contributed by atoms with Crippen molar-refractivity contribution >= 4 is 5.97 Å². The average Bonchev–Trinajstić information content (AvgIpc) is 2.31. The Balaban J connectivity index is 2.95. The van der Waals surface area contributed by atoms with E-state index < -0.39 is 5.97 Å². The van der Waals surface area contributed by atoms with Crippen LogP contribution in [0.5, 0.6) is 5.75 Å². The standard InChI is InChI=1S/C15H23NO3/c1-10(2)16(8-7-15(18)19)12(4)13-9-11(3)5-6-14(13)17/h5-6,9-10,12,17H,7-8H2,1-4H3,(H,18,19). The van der Waals surface area contributed by atoms with Crippen molar-refractivity contribution in [2.75, 3.05) is 6.54 Å². The summed E-state index contributed by atoms with van der Waals surface area (Å²) in [6, 6.07) is 5.71. The van der Waals surface area contributed by atoms with Crippen molar-refractivity contribution in [2.45, 2.75) is 46.2 Å². The van der Waals surface area contributed by atoms with Crippen LogP contribution in [0.2, 0.25) is 0 Å². The molecule has 0 saturated heterocycles. The molecular formula is C15H23NO3. The van der Waals surface area contributed by atoms with Crippen LogP contribution in [-0.2, 0) is 4.79 Å². The lowest BCUT2D eigenvalue weighted by Gasteiger charge is -2.33. The molecule has 106 valence electrons. The van der Waals surface area contributed by atoms with Crippen molar-refractivity contribution in [3.05, 3.63) is 29.3 Å². The smallest absolute Gasteiger partial charge is 0.304 e. The highest BCUT2D eigenvalue weighted by atomic mass is 16.4. The number of carboxylic acid groups (broad SMARTS) is 1. The Hall–Kier alpha value is -1.55. The van der Waals surface area contributed by atoms with Gasteiger partial charge < -0.3 is 10.2 Å². The lowest BCUT2D eigenvalue weighted by molar-refractivity contribution is -0.137. The van der Waals surface area contributed by atoms with E-state index >= 15 is 0 Å². The van der Waals surface area contributed by atoms with E-state index in [9.17, 15) is 9.90 Å². The fourth-order valence-electron chi connectivity index (χ4n) is 2.31. The molecule has 1 aromatic rings. The maximum atomic E-state index is 10.7. The number of phenolic OH excluding ortho intramolecular Hbond substituents is 1. The van der Waals surface area contributed by atoms with Crippen LogP contribution in [0.25, 0.3) is 0 Å². The minimum atomic E-state index is -0.800. The van der Waals surface area contributed by atoms with Crippen molar-refractivity contribution < 1.29 is 15.0 Å². The number of hydrogen-bond acceptors (Lipinski definition) is 3. The van der Waals surface area contributed by atoms with Crippen LogP contribution < -0.4 is 0 Å². The van der Waals surface area contributed by atoms with Crippen LogP contribution in [0, 0.1) is 6.92 Å². The zero-order valence-electron chi connectivity index (χ0n) is 12.1. The third-order valence-corrected chi connectivity index (χ3v) is 3.38. The highest BCUT2D eigenvalue weighted by Gasteiger charge is 2.21. The SMILES string of the molecule is Cc1ccc(O)c(C(C)N(CCC(=O)O)C(C)C)c1. The third-order valence-electron chi connectivity index (χ3n) is 3.38. The summed E-state index contributed by atoms with van der Waals surface area (Å²) in [7, 11) is 0. The maximum absolute atomic E-state index is 10.7. The van der Waals surface area contributed by atoms with E-state index in [1.165, 1.54) is 0 Å². The van der Waals surface area contributed by atoms with Crippen molar-refractivity contribution in [1.29, 1.82) is 0 Å². The van der Waals surface area contributed by atoms with Crippen LogP contribution in [0.15, 0.2) is 18.2 Å². The number of benzene rings is 1. The zero-order valence-corrected chi connectivity index (χ0v) is 12.1. The summed E-state index contributed by atoms with van der Waals surface area (Å²) in [6.45, 7) is 8.51. The second-order valence-corrected chi connectivity index (χ2v) is 5.21. The Morgan fingerprint density at radius 2 is 1.95 bits per heavy atom. The summed E-state index contributed by atoms with van der Waals surface area (Å²) in [4.78, 5) is 12.8. The molecule has 1 rings (SSSR count). The highest BCUT2D eigenvalue weighted by molar-refractivity contribution is 5.66.